The Hall–Kier alpha value is -2.94. The minimum atomic E-state index is 0.904. The highest BCUT2D eigenvalue weighted by Gasteiger charge is 2.13. The monoisotopic (exact) mass is 313 g/mol. The van der Waals surface area contributed by atoms with Gasteiger partial charge in [-0.3, -0.25) is 4.98 Å². The molecular formula is C21H19N3. The van der Waals surface area contributed by atoms with Gasteiger partial charge in [0.15, 0.2) is 0 Å². The number of fused-ring (bicyclic) bond motifs is 1. The van der Waals surface area contributed by atoms with E-state index in [1.54, 1.807) is 0 Å². The van der Waals surface area contributed by atoms with Crippen LogP contribution < -0.4 is 0 Å². The summed E-state index contributed by atoms with van der Waals surface area (Å²) in [5, 5.41) is 0. The highest BCUT2D eigenvalue weighted by Crippen LogP contribution is 2.26. The van der Waals surface area contributed by atoms with Crippen molar-refractivity contribution in [3.8, 4) is 11.4 Å². The smallest absolute Gasteiger partial charge is 0.141 e. The molecule has 0 spiro atoms. The number of hydrogen-bond donors (Lipinski definition) is 0. The fourth-order valence-electron chi connectivity index (χ4n) is 3.12. The van der Waals surface area contributed by atoms with E-state index in [0.717, 1.165) is 29.9 Å². The molecule has 0 saturated carbocycles. The Morgan fingerprint density at radius 1 is 0.875 bits per heavy atom. The SMILES string of the molecule is Cc1cccc2c1nc(-c1ccncc1)n2CCc1ccccc1. The summed E-state index contributed by atoms with van der Waals surface area (Å²) < 4.78 is 2.32. The van der Waals surface area contributed by atoms with Gasteiger partial charge in [0, 0.05) is 24.5 Å². The number of para-hydroxylation sites is 1. The quantitative estimate of drug-likeness (QED) is 0.549. The second-order valence-corrected chi connectivity index (χ2v) is 6.00. The van der Waals surface area contributed by atoms with Crippen molar-refractivity contribution >= 4 is 11.0 Å². The second-order valence-electron chi connectivity index (χ2n) is 6.00. The maximum Gasteiger partial charge on any atom is 0.141 e. The molecule has 0 saturated heterocycles. The molecule has 0 bridgehead atoms. The Morgan fingerprint density at radius 3 is 2.46 bits per heavy atom. The fourth-order valence-corrected chi connectivity index (χ4v) is 3.12. The molecule has 0 aliphatic rings. The zero-order chi connectivity index (χ0) is 16.4. The summed E-state index contributed by atoms with van der Waals surface area (Å²) in [7, 11) is 0. The molecule has 24 heavy (non-hydrogen) atoms. The van der Waals surface area contributed by atoms with Gasteiger partial charge < -0.3 is 4.57 Å². The molecule has 3 nitrogen and oxygen atoms in total. The van der Waals surface area contributed by atoms with Crippen molar-refractivity contribution in [2.24, 2.45) is 0 Å². The normalized spacial score (nSPS) is 11.0. The fraction of sp³-hybridized carbons (Fsp3) is 0.143. The van der Waals surface area contributed by atoms with Gasteiger partial charge in [-0.15, -0.1) is 0 Å². The average molecular weight is 313 g/mol. The molecule has 4 rings (SSSR count). The van der Waals surface area contributed by atoms with Crippen molar-refractivity contribution in [3.05, 3.63) is 84.2 Å². The summed E-state index contributed by atoms with van der Waals surface area (Å²) in [4.78, 5) is 9.06. The molecule has 3 heteroatoms. The average Bonchev–Trinajstić information content (AvgIpc) is 3.02. The van der Waals surface area contributed by atoms with Crippen LogP contribution in [0.5, 0.6) is 0 Å². The lowest BCUT2D eigenvalue weighted by Gasteiger charge is -2.09. The third-order valence-corrected chi connectivity index (χ3v) is 4.39. The van der Waals surface area contributed by atoms with Crippen LogP contribution >= 0.6 is 0 Å². The Morgan fingerprint density at radius 2 is 1.67 bits per heavy atom. The number of pyridine rings is 1. The molecule has 0 fully saturated rings. The maximum atomic E-state index is 4.93. The van der Waals surface area contributed by atoms with Crippen molar-refractivity contribution in [2.75, 3.05) is 0 Å². The van der Waals surface area contributed by atoms with Crippen molar-refractivity contribution in [2.45, 2.75) is 19.9 Å². The summed E-state index contributed by atoms with van der Waals surface area (Å²) in [5.41, 5.74) is 5.93. The minimum absolute atomic E-state index is 0.904. The van der Waals surface area contributed by atoms with Crippen molar-refractivity contribution in [1.29, 1.82) is 0 Å². The van der Waals surface area contributed by atoms with E-state index in [2.05, 4.69) is 65.0 Å². The molecule has 0 atom stereocenters. The van der Waals surface area contributed by atoms with Crippen LogP contribution in [0, 0.1) is 6.92 Å². The molecule has 2 heterocycles. The van der Waals surface area contributed by atoms with Crippen LogP contribution in [0.15, 0.2) is 73.1 Å². The van der Waals surface area contributed by atoms with Gasteiger partial charge in [-0.2, -0.15) is 0 Å². The van der Waals surface area contributed by atoms with E-state index in [9.17, 15) is 0 Å². The number of aromatic nitrogens is 3. The summed E-state index contributed by atoms with van der Waals surface area (Å²) in [6.45, 7) is 3.02. The van der Waals surface area contributed by atoms with Crippen LogP contribution in [0.1, 0.15) is 11.1 Å². The van der Waals surface area contributed by atoms with E-state index < -0.39 is 0 Å². The summed E-state index contributed by atoms with van der Waals surface area (Å²) in [6.07, 6.45) is 4.63. The van der Waals surface area contributed by atoms with Crippen LogP contribution in [-0.2, 0) is 13.0 Å². The summed E-state index contributed by atoms with van der Waals surface area (Å²) in [5.74, 6) is 1.01. The van der Waals surface area contributed by atoms with Gasteiger partial charge in [0.25, 0.3) is 0 Å². The second kappa shape index (κ2) is 6.28. The lowest BCUT2D eigenvalue weighted by Crippen LogP contribution is -2.03. The first-order chi connectivity index (χ1) is 11.8. The molecule has 2 aromatic heterocycles. The predicted molar refractivity (Wildman–Crippen MR) is 97.8 cm³/mol. The Labute approximate surface area is 141 Å². The van der Waals surface area contributed by atoms with Gasteiger partial charge in [-0.05, 0) is 42.7 Å². The molecule has 0 amide bonds. The molecule has 0 unspecified atom stereocenters. The van der Waals surface area contributed by atoms with Gasteiger partial charge in [0.05, 0.1) is 11.0 Å². The first-order valence-corrected chi connectivity index (χ1v) is 8.23. The van der Waals surface area contributed by atoms with Gasteiger partial charge >= 0.3 is 0 Å². The van der Waals surface area contributed by atoms with Crippen molar-refractivity contribution in [3.63, 3.8) is 0 Å². The molecule has 2 aromatic carbocycles. The van der Waals surface area contributed by atoms with E-state index in [-0.39, 0.29) is 0 Å². The lowest BCUT2D eigenvalue weighted by atomic mass is 10.1. The summed E-state index contributed by atoms with van der Waals surface area (Å²) >= 11 is 0. The molecule has 0 aliphatic carbocycles. The number of benzene rings is 2. The maximum absolute atomic E-state index is 4.93. The lowest BCUT2D eigenvalue weighted by molar-refractivity contribution is 0.723. The zero-order valence-electron chi connectivity index (χ0n) is 13.7. The molecule has 0 radical (unpaired) electrons. The van der Waals surface area contributed by atoms with E-state index in [0.29, 0.717) is 0 Å². The Balaban J connectivity index is 1.81. The number of aryl methyl sites for hydroxylation is 3. The number of rotatable bonds is 4. The summed E-state index contributed by atoms with van der Waals surface area (Å²) in [6, 6.07) is 21.0. The van der Waals surface area contributed by atoms with E-state index in [4.69, 9.17) is 4.98 Å². The van der Waals surface area contributed by atoms with Crippen molar-refractivity contribution < 1.29 is 0 Å². The van der Waals surface area contributed by atoms with Crippen LogP contribution in [0.25, 0.3) is 22.4 Å². The van der Waals surface area contributed by atoms with E-state index >= 15 is 0 Å². The largest absolute Gasteiger partial charge is 0.324 e. The van der Waals surface area contributed by atoms with E-state index in [1.807, 2.05) is 24.5 Å². The molecule has 4 aromatic rings. The number of imidazole rings is 1. The highest BCUT2D eigenvalue weighted by molar-refractivity contribution is 5.83. The van der Waals surface area contributed by atoms with Crippen LogP contribution in [-0.4, -0.2) is 14.5 Å². The number of hydrogen-bond acceptors (Lipinski definition) is 2. The van der Waals surface area contributed by atoms with Crippen LogP contribution in [0.3, 0.4) is 0 Å². The zero-order valence-corrected chi connectivity index (χ0v) is 13.7. The minimum Gasteiger partial charge on any atom is -0.324 e. The molecular weight excluding hydrogens is 294 g/mol. The third kappa shape index (κ3) is 2.69. The standard InChI is InChI=1S/C21H19N3/c1-16-6-5-9-19-20(16)23-21(18-10-13-22-14-11-18)24(19)15-12-17-7-3-2-4-8-17/h2-11,13-14H,12,15H2,1H3. The molecule has 118 valence electrons. The Bertz CT molecular complexity index is 956. The van der Waals surface area contributed by atoms with Crippen LogP contribution in [0.2, 0.25) is 0 Å². The molecule has 0 N–H and O–H groups in total. The van der Waals surface area contributed by atoms with Gasteiger partial charge in [0.2, 0.25) is 0 Å². The highest BCUT2D eigenvalue weighted by atomic mass is 15.1. The van der Waals surface area contributed by atoms with Crippen molar-refractivity contribution in [1.82, 2.24) is 14.5 Å². The number of nitrogens with zero attached hydrogens (tertiary/aromatic N) is 3. The van der Waals surface area contributed by atoms with Crippen LogP contribution in [0.4, 0.5) is 0 Å². The first-order valence-electron chi connectivity index (χ1n) is 8.23. The van der Waals surface area contributed by atoms with E-state index in [1.165, 1.54) is 16.6 Å². The van der Waals surface area contributed by atoms with Gasteiger partial charge in [-0.1, -0.05) is 42.5 Å². The van der Waals surface area contributed by atoms with Gasteiger partial charge in [0.1, 0.15) is 5.82 Å². The van der Waals surface area contributed by atoms with Gasteiger partial charge in [-0.25, -0.2) is 4.98 Å². The predicted octanol–water partition coefficient (Wildman–Crippen LogP) is 4.65. The topological polar surface area (TPSA) is 30.7 Å². The molecule has 0 aliphatic heterocycles. The Kier molecular flexibility index (Phi) is 3.83. The first kappa shape index (κ1) is 14.6. The third-order valence-electron chi connectivity index (χ3n) is 4.39.